The maximum absolute atomic E-state index is 12.6. The monoisotopic (exact) mass is 437 g/mol. The third kappa shape index (κ3) is 5.05. The van der Waals surface area contributed by atoms with Crippen LogP contribution in [0.25, 0.3) is 11.4 Å². The topological polar surface area (TPSA) is 97.3 Å². The number of nitrogens with one attached hydrogen (secondary N) is 1. The molecule has 0 saturated heterocycles. The zero-order valence-corrected chi connectivity index (χ0v) is 18.4. The van der Waals surface area contributed by atoms with Crippen molar-refractivity contribution in [1.82, 2.24) is 19.9 Å². The van der Waals surface area contributed by atoms with E-state index < -0.39 is 5.60 Å². The summed E-state index contributed by atoms with van der Waals surface area (Å²) in [6.45, 7) is 6.49. The van der Waals surface area contributed by atoms with Crippen LogP contribution in [0.4, 0.5) is 9.93 Å². The molecule has 0 radical (unpaired) electrons. The minimum Gasteiger partial charge on any atom is -0.444 e. The molecule has 160 valence electrons. The summed E-state index contributed by atoms with van der Waals surface area (Å²) in [5, 5.41) is 3.30. The van der Waals surface area contributed by atoms with Crippen molar-refractivity contribution in [2.24, 2.45) is 0 Å². The number of amides is 2. The maximum atomic E-state index is 12.6. The minimum absolute atomic E-state index is 0.324. The Morgan fingerprint density at radius 2 is 1.84 bits per heavy atom. The largest absolute Gasteiger partial charge is 0.444 e. The van der Waals surface area contributed by atoms with E-state index in [-0.39, 0.29) is 12.0 Å². The molecule has 0 fully saturated rings. The molecule has 4 rings (SSSR count). The smallest absolute Gasteiger partial charge is 0.410 e. The number of aromatic nitrogens is 3. The number of thiazole rings is 1. The predicted molar refractivity (Wildman–Crippen MR) is 118 cm³/mol. The van der Waals surface area contributed by atoms with Crippen LogP contribution in [-0.4, -0.2) is 44.0 Å². The van der Waals surface area contributed by atoms with E-state index in [1.165, 1.54) is 23.7 Å². The van der Waals surface area contributed by atoms with Crippen LogP contribution in [-0.2, 0) is 17.7 Å². The van der Waals surface area contributed by atoms with Gasteiger partial charge in [0.25, 0.3) is 5.91 Å². The molecule has 8 nitrogen and oxygen atoms in total. The molecule has 1 aliphatic heterocycles. The SMILES string of the molecule is CC(C)(C)OC(=O)N1CCc2nc(NC(=O)c3cnc(-c4ccccc4)nc3)sc2C1. The van der Waals surface area contributed by atoms with Crippen LogP contribution >= 0.6 is 11.3 Å². The number of hydrogen-bond donors (Lipinski definition) is 1. The zero-order valence-electron chi connectivity index (χ0n) is 17.6. The van der Waals surface area contributed by atoms with Crippen LogP contribution in [0, 0.1) is 0 Å². The Hall–Kier alpha value is -3.33. The fraction of sp³-hybridized carbons (Fsp3) is 0.318. The van der Waals surface area contributed by atoms with Crippen molar-refractivity contribution in [2.75, 3.05) is 11.9 Å². The van der Waals surface area contributed by atoms with E-state index in [0.29, 0.717) is 36.0 Å². The van der Waals surface area contributed by atoms with Crippen molar-refractivity contribution in [3.05, 3.63) is 58.9 Å². The lowest BCUT2D eigenvalue weighted by Crippen LogP contribution is -2.39. The van der Waals surface area contributed by atoms with Gasteiger partial charge in [0.2, 0.25) is 0 Å². The molecular formula is C22H23N5O3S. The Bertz CT molecular complexity index is 1090. The first-order valence-corrected chi connectivity index (χ1v) is 10.8. The molecule has 0 bridgehead atoms. The van der Waals surface area contributed by atoms with Gasteiger partial charge in [-0.15, -0.1) is 0 Å². The number of hydrogen-bond acceptors (Lipinski definition) is 7. The molecule has 0 spiro atoms. The lowest BCUT2D eigenvalue weighted by molar-refractivity contribution is 0.0225. The van der Waals surface area contributed by atoms with E-state index in [0.717, 1.165) is 16.1 Å². The van der Waals surface area contributed by atoms with Gasteiger partial charge in [-0.05, 0) is 20.8 Å². The lowest BCUT2D eigenvalue weighted by atomic mass is 10.2. The number of carbonyl (C=O) groups excluding carboxylic acids is 2. The van der Waals surface area contributed by atoms with Crippen molar-refractivity contribution in [2.45, 2.75) is 39.3 Å². The molecule has 0 atom stereocenters. The van der Waals surface area contributed by atoms with Crippen LogP contribution in [0.5, 0.6) is 0 Å². The Morgan fingerprint density at radius 3 is 2.52 bits per heavy atom. The van der Waals surface area contributed by atoms with Crippen LogP contribution in [0.15, 0.2) is 42.7 Å². The van der Waals surface area contributed by atoms with E-state index in [1.54, 1.807) is 4.90 Å². The highest BCUT2D eigenvalue weighted by Crippen LogP contribution is 2.29. The average molecular weight is 438 g/mol. The van der Waals surface area contributed by atoms with Gasteiger partial charge in [0.15, 0.2) is 11.0 Å². The van der Waals surface area contributed by atoms with Crippen molar-refractivity contribution < 1.29 is 14.3 Å². The van der Waals surface area contributed by atoms with E-state index >= 15 is 0 Å². The Morgan fingerprint density at radius 1 is 1.13 bits per heavy atom. The number of rotatable bonds is 3. The first-order valence-electron chi connectivity index (χ1n) is 9.94. The van der Waals surface area contributed by atoms with E-state index in [9.17, 15) is 9.59 Å². The Labute approximate surface area is 184 Å². The minimum atomic E-state index is -0.539. The van der Waals surface area contributed by atoms with Crippen LogP contribution < -0.4 is 5.32 Å². The summed E-state index contributed by atoms with van der Waals surface area (Å²) in [5.74, 6) is 0.235. The van der Waals surface area contributed by atoms with Crippen LogP contribution in [0.1, 0.15) is 41.7 Å². The summed E-state index contributed by atoms with van der Waals surface area (Å²) >= 11 is 1.36. The number of fused-ring (bicyclic) bond motifs is 1. The molecule has 3 aromatic rings. The lowest BCUT2D eigenvalue weighted by Gasteiger charge is -2.29. The zero-order chi connectivity index (χ0) is 22.0. The molecule has 3 heterocycles. The molecule has 9 heteroatoms. The fourth-order valence-electron chi connectivity index (χ4n) is 3.08. The number of anilines is 1. The molecule has 1 aliphatic rings. The van der Waals surface area contributed by atoms with Gasteiger partial charge in [-0.2, -0.15) is 0 Å². The van der Waals surface area contributed by atoms with Gasteiger partial charge >= 0.3 is 6.09 Å². The number of ether oxygens (including phenoxy) is 1. The standard InChI is InChI=1S/C22H23N5O3S/c1-22(2,3)30-21(29)27-10-9-16-17(13-27)31-20(25-16)26-19(28)15-11-23-18(24-12-15)14-7-5-4-6-8-14/h4-8,11-12H,9-10,13H2,1-3H3,(H,25,26,28). The molecule has 1 N–H and O–H groups in total. The number of carbonyl (C=O) groups is 2. The second-order valence-electron chi connectivity index (χ2n) is 8.16. The van der Waals surface area contributed by atoms with Crippen molar-refractivity contribution in [3.8, 4) is 11.4 Å². The summed E-state index contributed by atoms with van der Waals surface area (Å²) in [5.41, 5.74) is 1.60. The number of benzene rings is 1. The van der Waals surface area contributed by atoms with Gasteiger partial charge in [-0.3, -0.25) is 10.1 Å². The highest BCUT2D eigenvalue weighted by Gasteiger charge is 2.28. The summed E-state index contributed by atoms with van der Waals surface area (Å²) in [7, 11) is 0. The summed E-state index contributed by atoms with van der Waals surface area (Å²) in [6, 6.07) is 9.57. The maximum Gasteiger partial charge on any atom is 0.410 e. The molecule has 0 aliphatic carbocycles. The molecule has 1 aromatic carbocycles. The first kappa shape index (κ1) is 20.9. The van der Waals surface area contributed by atoms with Gasteiger partial charge in [0.05, 0.1) is 17.8 Å². The Balaban J connectivity index is 1.41. The average Bonchev–Trinajstić information content (AvgIpc) is 3.14. The molecular weight excluding hydrogens is 414 g/mol. The second kappa shape index (κ2) is 8.43. The molecule has 31 heavy (non-hydrogen) atoms. The van der Waals surface area contributed by atoms with E-state index in [4.69, 9.17) is 4.74 Å². The third-order valence-electron chi connectivity index (χ3n) is 4.55. The molecule has 0 unspecified atom stereocenters. The van der Waals surface area contributed by atoms with Gasteiger partial charge in [0.1, 0.15) is 5.60 Å². The highest BCUT2D eigenvalue weighted by molar-refractivity contribution is 7.15. The van der Waals surface area contributed by atoms with E-state index in [2.05, 4.69) is 20.3 Å². The quantitative estimate of drug-likeness (QED) is 0.661. The Kier molecular flexibility index (Phi) is 5.69. The van der Waals surface area contributed by atoms with Crippen molar-refractivity contribution >= 4 is 28.5 Å². The third-order valence-corrected chi connectivity index (χ3v) is 5.55. The highest BCUT2D eigenvalue weighted by atomic mass is 32.1. The first-order chi connectivity index (χ1) is 14.8. The summed E-state index contributed by atoms with van der Waals surface area (Å²) < 4.78 is 5.45. The van der Waals surface area contributed by atoms with Gasteiger partial charge in [0, 0.05) is 35.8 Å². The van der Waals surface area contributed by atoms with Gasteiger partial charge < -0.3 is 9.64 Å². The second-order valence-corrected chi connectivity index (χ2v) is 9.24. The molecule has 0 saturated carbocycles. The van der Waals surface area contributed by atoms with Crippen molar-refractivity contribution in [1.29, 1.82) is 0 Å². The van der Waals surface area contributed by atoms with E-state index in [1.807, 2.05) is 51.1 Å². The number of nitrogens with zero attached hydrogens (tertiary/aromatic N) is 4. The van der Waals surface area contributed by atoms with Crippen LogP contribution in [0.3, 0.4) is 0 Å². The van der Waals surface area contributed by atoms with Gasteiger partial charge in [-0.1, -0.05) is 41.7 Å². The van der Waals surface area contributed by atoms with Crippen molar-refractivity contribution in [3.63, 3.8) is 0 Å². The van der Waals surface area contributed by atoms with Gasteiger partial charge in [-0.25, -0.2) is 19.7 Å². The molecule has 2 aromatic heterocycles. The summed E-state index contributed by atoms with van der Waals surface area (Å²) in [6.07, 6.45) is 3.29. The predicted octanol–water partition coefficient (Wildman–Crippen LogP) is 4.15. The van der Waals surface area contributed by atoms with Crippen LogP contribution in [0.2, 0.25) is 0 Å². The summed E-state index contributed by atoms with van der Waals surface area (Å²) in [4.78, 5) is 40.6. The normalized spacial score (nSPS) is 13.5. The molecule has 2 amide bonds. The fourth-order valence-corrected chi connectivity index (χ4v) is 4.10.